The van der Waals surface area contributed by atoms with Gasteiger partial charge in [0.1, 0.15) is 11.6 Å². The first-order valence-electron chi connectivity index (χ1n) is 4.20. The zero-order chi connectivity index (χ0) is 10.8. The average Bonchev–Trinajstić information content (AvgIpc) is 2.67. The molecule has 0 atom stereocenters. The summed E-state index contributed by atoms with van der Waals surface area (Å²) in [5, 5.41) is 3.38. The molecule has 0 N–H and O–H groups in total. The Hall–Kier alpha value is -1.55. The number of ketones is 1. The van der Waals surface area contributed by atoms with Crippen LogP contribution in [0.2, 0.25) is 0 Å². The van der Waals surface area contributed by atoms with Gasteiger partial charge in [-0.05, 0) is 23.6 Å². The highest BCUT2D eigenvalue weighted by atomic mass is 32.1. The Bertz CT molecular complexity index is 471. The number of benzene rings is 1. The van der Waals surface area contributed by atoms with Gasteiger partial charge in [-0.2, -0.15) is 11.3 Å². The van der Waals surface area contributed by atoms with Crippen molar-refractivity contribution in [2.75, 3.05) is 0 Å². The number of hydrogen-bond acceptors (Lipinski definition) is 2. The van der Waals surface area contributed by atoms with Crippen LogP contribution in [0.3, 0.4) is 0 Å². The molecular formula is C11H6F2OS. The lowest BCUT2D eigenvalue weighted by atomic mass is 10.1. The van der Waals surface area contributed by atoms with Gasteiger partial charge >= 0.3 is 0 Å². The van der Waals surface area contributed by atoms with E-state index in [0.29, 0.717) is 5.56 Å². The Morgan fingerprint density at radius 2 is 1.73 bits per heavy atom. The van der Waals surface area contributed by atoms with Gasteiger partial charge in [-0.25, -0.2) is 8.78 Å². The summed E-state index contributed by atoms with van der Waals surface area (Å²) in [7, 11) is 0. The van der Waals surface area contributed by atoms with E-state index in [1.54, 1.807) is 16.8 Å². The molecule has 0 amide bonds. The van der Waals surface area contributed by atoms with Gasteiger partial charge in [0.2, 0.25) is 0 Å². The first kappa shape index (κ1) is 9.98. The second-order valence-electron chi connectivity index (χ2n) is 3.00. The Kier molecular flexibility index (Phi) is 2.60. The maximum Gasteiger partial charge on any atom is 0.194 e. The van der Waals surface area contributed by atoms with E-state index in [9.17, 15) is 13.6 Å². The zero-order valence-electron chi connectivity index (χ0n) is 7.54. The van der Waals surface area contributed by atoms with Gasteiger partial charge in [0.15, 0.2) is 5.78 Å². The Morgan fingerprint density at radius 3 is 2.27 bits per heavy atom. The molecule has 0 aliphatic carbocycles. The number of halogens is 2. The monoisotopic (exact) mass is 224 g/mol. The molecule has 1 aromatic carbocycles. The van der Waals surface area contributed by atoms with Crippen LogP contribution in [0.5, 0.6) is 0 Å². The summed E-state index contributed by atoms with van der Waals surface area (Å²) in [6.07, 6.45) is 0. The van der Waals surface area contributed by atoms with Crippen LogP contribution in [0.25, 0.3) is 0 Å². The zero-order valence-corrected chi connectivity index (χ0v) is 8.35. The maximum absolute atomic E-state index is 12.8. The standard InChI is InChI=1S/C11H6F2OS/c12-9-3-8(4-10(13)5-9)11(14)7-1-2-15-6-7/h1-6H. The molecule has 15 heavy (non-hydrogen) atoms. The maximum atomic E-state index is 12.8. The van der Waals surface area contributed by atoms with Gasteiger partial charge in [-0.3, -0.25) is 4.79 Å². The van der Waals surface area contributed by atoms with Crippen LogP contribution < -0.4 is 0 Å². The molecule has 4 heteroatoms. The third-order valence-electron chi connectivity index (χ3n) is 1.91. The van der Waals surface area contributed by atoms with Crippen molar-refractivity contribution >= 4 is 17.1 Å². The van der Waals surface area contributed by atoms with Crippen LogP contribution in [0.15, 0.2) is 35.0 Å². The number of carbonyl (C=O) groups is 1. The predicted molar refractivity (Wildman–Crippen MR) is 54.1 cm³/mol. The summed E-state index contributed by atoms with van der Waals surface area (Å²) in [6.45, 7) is 0. The predicted octanol–water partition coefficient (Wildman–Crippen LogP) is 3.26. The van der Waals surface area contributed by atoms with Crippen molar-refractivity contribution in [2.24, 2.45) is 0 Å². The second-order valence-corrected chi connectivity index (χ2v) is 3.78. The molecule has 0 aliphatic rings. The van der Waals surface area contributed by atoms with E-state index in [0.717, 1.165) is 18.2 Å². The van der Waals surface area contributed by atoms with Crippen LogP contribution in [0.1, 0.15) is 15.9 Å². The topological polar surface area (TPSA) is 17.1 Å². The van der Waals surface area contributed by atoms with Gasteiger partial charge in [0.05, 0.1) is 0 Å². The van der Waals surface area contributed by atoms with E-state index in [1.165, 1.54) is 11.3 Å². The molecule has 0 radical (unpaired) electrons. The first-order chi connectivity index (χ1) is 7.16. The van der Waals surface area contributed by atoms with Crippen molar-refractivity contribution in [3.63, 3.8) is 0 Å². The molecule has 1 heterocycles. The molecule has 0 spiro atoms. The number of rotatable bonds is 2. The minimum Gasteiger partial charge on any atom is -0.289 e. The quantitative estimate of drug-likeness (QED) is 0.715. The van der Waals surface area contributed by atoms with Crippen LogP contribution >= 0.6 is 11.3 Å². The summed E-state index contributed by atoms with van der Waals surface area (Å²) < 4.78 is 25.7. The highest BCUT2D eigenvalue weighted by molar-refractivity contribution is 7.08. The smallest absolute Gasteiger partial charge is 0.194 e. The Labute approximate surface area is 89.0 Å². The van der Waals surface area contributed by atoms with E-state index in [4.69, 9.17) is 0 Å². The molecule has 0 bridgehead atoms. The van der Waals surface area contributed by atoms with E-state index in [1.807, 2.05) is 0 Å². The van der Waals surface area contributed by atoms with E-state index >= 15 is 0 Å². The minimum absolute atomic E-state index is 0.0332. The van der Waals surface area contributed by atoms with E-state index in [2.05, 4.69) is 0 Å². The van der Waals surface area contributed by atoms with Crippen molar-refractivity contribution in [3.8, 4) is 0 Å². The van der Waals surface area contributed by atoms with Crippen molar-refractivity contribution < 1.29 is 13.6 Å². The largest absolute Gasteiger partial charge is 0.289 e. The van der Waals surface area contributed by atoms with Crippen molar-refractivity contribution in [3.05, 3.63) is 57.8 Å². The summed E-state index contributed by atoms with van der Waals surface area (Å²) in [5.41, 5.74) is 0.482. The fourth-order valence-electron chi connectivity index (χ4n) is 1.25. The Balaban J connectivity index is 2.42. The molecule has 0 aliphatic heterocycles. The fraction of sp³-hybridized carbons (Fsp3) is 0. The van der Waals surface area contributed by atoms with Gasteiger partial charge < -0.3 is 0 Å². The van der Waals surface area contributed by atoms with Crippen LogP contribution in [-0.2, 0) is 0 Å². The lowest BCUT2D eigenvalue weighted by molar-refractivity contribution is 0.103. The van der Waals surface area contributed by atoms with Crippen LogP contribution in [0.4, 0.5) is 8.78 Å². The molecule has 76 valence electrons. The highest BCUT2D eigenvalue weighted by Crippen LogP contribution is 2.15. The van der Waals surface area contributed by atoms with E-state index < -0.39 is 11.6 Å². The van der Waals surface area contributed by atoms with Gasteiger partial charge in [-0.1, -0.05) is 0 Å². The lowest BCUT2D eigenvalue weighted by Gasteiger charge is -1.99. The molecule has 1 nitrogen and oxygen atoms in total. The lowest BCUT2D eigenvalue weighted by Crippen LogP contribution is -2.00. The van der Waals surface area contributed by atoms with Gasteiger partial charge in [-0.15, -0.1) is 0 Å². The highest BCUT2D eigenvalue weighted by Gasteiger charge is 2.11. The fourth-order valence-corrected chi connectivity index (χ4v) is 1.88. The molecule has 2 rings (SSSR count). The molecule has 0 unspecified atom stereocenters. The number of hydrogen-bond donors (Lipinski definition) is 0. The first-order valence-corrected chi connectivity index (χ1v) is 5.14. The summed E-state index contributed by atoms with van der Waals surface area (Å²) in [4.78, 5) is 11.7. The van der Waals surface area contributed by atoms with Crippen LogP contribution in [0, 0.1) is 11.6 Å². The summed E-state index contributed by atoms with van der Waals surface area (Å²) in [5.74, 6) is -1.85. The molecule has 0 saturated carbocycles. The van der Waals surface area contributed by atoms with Crippen LogP contribution in [-0.4, -0.2) is 5.78 Å². The molecule has 2 aromatic rings. The van der Waals surface area contributed by atoms with Crippen molar-refractivity contribution in [1.82, 2.24) is 0 Å². The van der Waals surface area contributed by atoms with Crippen molar-refractivity contribution in [2.45, 2.75) is 0 Å². The van der Waals surface area contributed by atoms with Gasteiger partial charge in [0.25, 0.3) is 0 Å². The third kappa shape index (κ3) is 2.10. The number of carbonyl (C=O) groups excluding carboxylic acids is 1. The molecular weight excluding hydrogens is 218 g/mol. The molecule has 0 fully saturated rings. The van der Waals surface area contributed by atoms with Gasteiger partial charge in [0, 0.05) is 22.6 Å². The second kappa shape index (κ2) is 3.90. The summed E-state index contributed by atoms with van der Waals surface area (Å²) in [6, 6.07) is 4.42. The average molecular weight is 224 g/mol. The SMILES string of the molecule is O=C(c1ccsc1)c1cc(F)cc(F)c1. The normalized spacial score (nSPS) is 10.3. The van der Waals surface area contributed by atoms with E-state index in [-0.39, 0.29) is 11.3 Å². The molecule has 1 aromatic heterocycles. The molecule has 0 saturated heterocycles. The Morgan fingerprint density at radius 1 is 1.07 bits per heavy atom. The third-order valence-corrected chi connectivity index (χ3v) is 2.59. The summed E-state index contributed by atoms with van der Waals surface area (Å²) >= 11 is 1.36. The number of thiophene rings is 1. The van der Waals surface area contributed by atoms with Crippen molar-refractivity contribution in [1.29, 1.82) is 0 Å². The minimum atomic E-state index is -0.742.